The first-order chi connectivity index (χ1) is 13.8. The van der Waals surface area contributed by atoms with E-state index in [0.717, 1.165) is 10.5 Å². The molecule has 1 aliphatic rings. The molecule has 8 heteroatoms. The number of hydrogen-bond acceptors (Lipinski definition) is 5. The van der Waals surface area contributed by atoms with E-state index in [9.17, 15) is 19.2 Å². The molecule has 0 saturated heterocycles. The van der Waals surface area contributed by atoms with E-state index >= 15 is 0 Å². The average molecular weight is 413 g/mol. The molecule has 0 atom stereocenters. The summed E-state index contributed by atoms with van der Waals surface area (Å²) in [5, 5.41) is 3.08. The summed E-state index contributed by atoms with van der Waals surface area (Å²) in [5.74, 6) is -2.27. The highest BCUT2D eigenvalue weighted by Crippen LogP contribution is 2.24. The molecule has 3 amide bonds. The van der Waals surface area contributed by atoms with Crippen molar-refractivity contribution in [2.45, 2.75) is 6.92 Å². The van der Waals surface area contributed by atoms with Crippen molar-refractivity contribution in [2.24, 2.45) is 0 Å². The maximum atomic E-state index is 12.3. The summed E-state index contributed by atoms with van der Waals surface area (Å²) in [6.45, 7) is 4.88. The fraction of sp³-hybridized carbons (Fsp3) is 0.143. The Morgan fingerprint density at radius 3 is 2.59 bits per heavy atom. The van der Waals surface area contributed by atoms with Gasteiger partial charge in [0.15, 0.2) is 6.61 Å². The molecule has 3 rings (SSSR count). The lowest BCUT2D eigenvalue weighted by Gasteiger charge is -2.10. The third-order valence-electron chi connectivity index (χ3n) is 4.33. The number of anilines is 1. The van der Waals surface area contributed by atoms with Gasteiger partial charge < -0.3 is 10.1 Å². The Morgan fingerprint density at radius 1 is 1.14 bits per heavy atom. The van der Waals surface area contributed by atoms with Crippen molar-refractivity contribution in [3.8, 4) is 0 Å². The largest absolute Gasteiger partial charge is 0.452 e. The molecule has 0 aliphatic carbocycles. The second-order valence-electron chi connectivity index (χ2n) is 6.35. The van der Waals surface area contributed by atoms with E-state index in [-0.39, 0.29) is 23.2 Å². The minimum atomic E-state index is -0.784. The molecule has 0 aromatic heterocycles. The number of rotatable bonds is 6. The van der Waals surface area contributed by atoms with Gasteiger partial charge in [0.25, 0.3) is 17.7 Å². The van der Waals surface area contributed by atoms with Crippen LogP contribution in [0.15, 0.2) is 49.1 Å². The number of fused-ring (bicyclic) bond motifs is 1. The fourth-order valence-corrected chi connectivity index (χ4v) is 3.01. The zero-order valence-corrected chi connectivity index (χ0v) is 16.3. The van der Waals surface area contributed by atoms with Gasteiger partial charge >= 0.3 is 5.97 Å². The summed E-state index contributed by atoms with van der Waals surface area (Å²) < 4.78 is 5.02. The van der Waals surface area contributed by atoms with Gasteiger partial charge in [-0.25, -0.2) is 4.79 Å². The number of imide groups is 1. The summed E-state index contributed by atoms with van der Waals surface area (Å²) >= 11 is 5.91. The van der Waals surface area contributed by atoms with Crippen LogP contribution in [0.1, 0.15) is 36.6 Å². The number of carbonyl (C=O) groups excluding carboxylic acids is 4. The minimum Gasteiger partial charge on any atom is -0.452 e. The van der Waals surface area contributed by atoms with Crippen LogP contribution < -0.4 is 5.32 Å². The van der Waals surface area contributed by atoms with Crippen LogP contribution in [0.25, 0.3) is 0 Å². The van der Waals surface area contributed by atoms with Gasteiger partial charge in [-0.05, 0) is 42.8 Å². The zero-order chi connectivity index (χ0) is 21.1. The Kier molecular flexibility index (Phi) is 5.79. The Balaban J connectivity index is 1.66. The van der Waals surface area contributed by atoms with Crippen LogP contribution in [0, 0.1) is 6.92 Å². The molecular weight excluding hydrogens is 396 g/mol. The molecule has 148 valence electrons. The van der Waals surface area contributed by atoms with Gasteiger partial charge in [-0.1, -0.05) is 23.7 Å². The lowest BCUT2D eigenvalue weighted by molar-refractivity contribution is -0.119. The average Bonchev–Trinajstić information content (AvgIpc) is 2.93. The third-order valence-corrected chi connectivity index (χ3v) is 4.56. The van der Waals surface area contributed by atoms with Crippen molar-refractivity contribution in [1.29, 1.82) is 0 Å². The van der Waals surface area contributed by atoms with Gasteiger partial charge in [-0.15, -0.1) is 6.58 Å². The Morgan fingerprint density at radius 2 is 1.86 bits per heavy atom. The number of ether oxygens (including phenoxy) is 1. The summed E-state index contributed by atoms with van der Waals surface area (Å²) in [6, 6.07) is 9.10. The summed E-state index contributed by atoms with van der Waals surface area (Å²) in [4.78, 5) is 49.9. The van der Waals surface area contributed by atoms with Gasteiger partial charge in [0.05, 0.1) is 16.7 Å². The second kappa shape index (κ2) is 8.28. The highest BCUT2D eigenvalue weighted by molar-refractivity contribution is 6.31. The molecular formula is C21H17ClN2O5. The van der Waals surface area contributed by atoms with Crippen molar-refractivity contribution in [2.75, 3.05) is 18.5 Å². The van der Waals surface area contributed by atoms with Gasteiger partial charge in [0.2, 0.25) is 0 Å². The van der Waals surface area contributed by atoms with Crippen molar-refractivity contribution >= 4 is 41.0 Å². The third kappa shape index (κ3) is 4.20. The maximum absolute atomic E-state index is 12.3. The quantitative estimate of drug-likeness (QED) is 0.446. The molecule has 0 radical (unpaired) electrons. The molecule has 1 N–H and O–H groups in total. The summed E-state index contributed by atoms with van der Waals surface area (Å²) in [5.41, 5.74) is 1.72. The molecule has 0 fully saturated rings. The SMILES string of the molecule is C=CCN1C(=O)c2ccc(C(=O)OCC(=O)Nc3cc(Cl)ccc3C)cc2C1=O. The molecule has 2 aromatic rings. The minimum absolute atomic E-state index is 0.0667. The van der Waals surface area contributed by atoms with E-state index in [1.54, 1.807) is 25.1 Å². The van der Waals surface area contributed by atoms with E-state index in [1.807, 2.05) is 0 Å². The predicted molar refractivity (Wildman–Crippen MR) is 107 cm³/mol. The van der Waals surface area contributed by atoms with E-state index in [0.29, 0.717) is 10.7 Å². The Bertz CT molecular complexity index is 1050. The zero-order valence-electron chi connectivity index (χ0n) is 15.5. The highest BCUT2D eigenvalue weighted by Gasteiger charge is 2.35. The maximum Gasteiger partial charge on any atom is 0.338 e. The number of aryl methyl sites for hydroxylation is 1. The van der Waals surface area contributed by atoms with E-state index < -0.39 is 30.3 Å². The molecule has 0 saturated carbocycles. The monoisotopic (exact) mass is 412 g/mol. The van der Waals surface area contributed by atoms with E-state index in [1.165, 1.54) is 24.3 Å². The van der Waals surface area contributed by atoms with Gasteiger partial charge in [0, 0.05) is 17.3 Å². The smallest absolute Gasteiger partial charge is 0.338 e. The number of nitrogens with zero attached hydrogens (tertiary/aromatic N) is 1. The van der Waals surface area contributed by atoms with Crippen LogP contribution in [-0.4, -0.2) is 41.7 Å². The molecule has 0 bridgehead atoms. The van der Waals surface area contributed by atoms with Gasteiger partial charge in [0.1, 0.15) is 0 Å². The van der Waals surface area contributed by atoms with Gasteiger partial charge in [-0.2, -0.15) is 0 Å². The van der Waals surface area contributed by atoms with Gasteiger partial charge in [-0.3, -0.25) is 19.3 Å². The van der Waals surface area contributed by atoms with Crippen molar-refractivity contribution in [3.05, 3.63) is 76.3 Å². The number of hydrogen-bond donors (Lipinski definition) is 1. The van der Waals surface area contributed by atoms with Crippen LogP contribution in [0.3, 0.4) is 0 Å². The fourth-order valence-electron chi connectivity index (χ4n) is 2.84. The summed E-state index contributed by atoms with van der Waals surface area (Å²) in [6.07, 6.45) is 1.44. The van der Waals surface area contributed by atoms with Crippen LogP contribution in [-0.2, 0) is 9.53 Å². The van der Waals surface area contributed by atoms with Crippen molar-refractivity contribution in [3.63, 3.8) is 0 Å². The predicted octanol–water partition coefficient (Wildman–Crippen LogP) is 3.23. The first-order valence-corrected chi connectivity index (χ1v) is 9.04. The number of benzene rings is 2. The number of nitrogens with one attached hydrogen (secondary N) is 1. The van der Waals surface area contributed by atoms with Crippen LogP contribution in [0.2, 0.25) is 5.02 Å². The van der Waals surface area contributed by atoms with Crippen LogP contribution >= 0.6 is 11.6 Å². The lowest BCUT2D eigenvalue weighted by atomic mass is 10.1. The first-order valence-electron chi connectivity index (χ1n) is 8.66. The molecule has 2 aromatic carbocycles. The van der Waals surface area contributed by atoms with E-state index in [2.05, 4.69) is 11.9 Å². The first kappa shape index (κ1) is 20.3. The molecule has 7 nitrogen and oxygen atoms in total. The summed E-state index contributed by atoms with van der Waals surface area (Å²) in [7, 11) is 0. The topological polar surface area (TPSA) is 92.8 Å². The number of esters is 1. The lowest BCUT2D eigenvalue weighted by Crippen LogP contribution is -2.29. The van der Waals surface area contributed by atoms with Crippen LogP contribution in [0.4, 0.5) is 5.69 Å². The van der Waals surface area contributed by atoms with E-state index in [4.69, 9.17) is 16.3 Å². The molecule has 0 spiro atoms. The second-order valence-corrected chi connectivity index (χ2v) is 6.79. The van der Waals surface area contributed by atoms with Crippen LogP contribution in [0.5, 0.6) is 0 Å². The van der Waals surface area contributed by atoms with Crippen molar-refractivity contribution in [1.82, 2.24) is 4.90 Å². The Hall–Kier alpha value is -3.45. The molecule has 29 heavy (non-hydrogen) atoms. The number of halogens is 1. The standard InChI is InChI=1S/C21H17ClN2O5/c1-3-8-24-19(26)15-7-5-13(9-16(15)20(24)27)21(28)29-11-18(25)23-17-10-14(22)6-4-12(17)2/h3-7,9-10H,1,8,11H2,2H3,(H,23,25). The van der Waals surface area contributed by atoms with Crippen molar-refractivity contribution < 1.29 is 23.9 Å². The Labute approximate surface area is 171 Å². The molecule has 1 aliphatic heterocycles. The highest BCUT2D eigenvalue weighted by atomic mass is 35.5. The normalized spacial score (nSPS) is 12.6. The molecule has 0 unspecified atom stereocenters. The molecule has 1 heterocycles. The number of carbonyl (C=O) groups is 4. The number of amides is 3.